The second-order valence-corrected chi connectivity index (χ2v) is 8.28. The normalized spacial score (nSPS) is 29.1. The molecule has 1 aliphatic heterocycles. The van der Waals surface area contributed by atoms with E-state index in [1.165, 1.54) is 11.3 Å². The minimum absolute atomic E-state index is 0.153. The number of hydrogen-bond donors (Lipinski definition) is 1. The Morgan fingerprint density at radius 1 is 1.19 bits per heavy atom. The maximum atomic E-state index is 12.6. The summed E-state index contributed by atoms with van der Waals surface area (Å²) in [4.78, 5) is 38.7. The number of anilines is 1. The fourth-order valence-corrected chi connectivity index (χ4v) is 5.54. The predicted molar refractivity (Wildman–Crippen MR) is 96.3 cm³/mol. The molecule has 7 nitrogen and oxygen atoms in total. The van der Waals surface area contributed by atoms with Crippen molar-refractivity contribution in [2.45, 2.75) is 39.0 Å². The van der Waals surface area contributed by atoms with Gasteiger partial charge in [-0.15, -0.1) is 10.2 Å². The molecular formula is C18H22N4O3S. The zero-order chi connectivity index (χ0) is 18.4. The molecule has 0 aromatic carbocycles. The molecule has 4 rings (SSSR count). The number of carbonyl (C=O) groups is 3. The lowest BCUT2D eigenvalue weighted by Gasteiger charge is -2.16. The van der Waals surface area contributed by atoms with Gasteiger partial charge < -0.3 is 0 Å². The maximum absolute atomic E-state index is 12.6. The Labute approximate surface area is 155 Å². The van der Waals surface area contributed by atoms with Gasteiger partial charge in [-0.25, -0.2) is 0 Å². The molecule has 0 spiro atoms. The Bertz CT molecular complexity index is 755. The summed E-state index contributed by atoms with van der Waals surface area (Å²) in [5.41, 5.74) is 0. The van der Waals surface area contributed by atoms with Crippen LogP contribution in [0.15, 0.2) is 12.2 Å². The van der Waals surface area contributed by atoms with E-state index >= 15 is 0 Å². The van der Waals surface area contributed by atoms with Gasteiger partial charge >= 0.3 is 0 Å². The number of nitrogens with one attached hydrogen (secondary N) is 1. The third kappa shape index (κ3) is 2.67. The first kappa shape index (κ1) is 17.3. The minimum Gasteiger partial charge on any atom is -0.299 e. The maximum Gasteiger partial charge on any atom is 0.246 e. The Kier molecular flexibility index (Phi) is 4.38. The zero-order valence-electron chi connectivity index (χ0n) is 14.8. The van der Waals surface area contributed by atoms with Gasteiger partial charge in [-0.2, -0.15) is 0 Å². The summed E-state index contributed by atoms with van der Waals surface area (Å²) in [6.45, 7) is 3.94. The van der Waals surface area contributed by atoms with Gasteiger partial charge in [0.25, 0.3) is 0 Å². The Morgan fingerprint density at radius 3 is 2.38 bits per heavy atom. The number of amides is 3. The van der Waals surface area contributed by atoms with Crippen molar-refractivity contribution in [2.24, 2.45) is 23.7 Å². The Hall–Kier alpha value is -2.09. The molecule has 2 aliphatic carbocycles. The summed E-state index contributed by atoms with van der Waals surface area (Å²) in [5.74, 6) is -0.715. The van der Waals surface area contributed by atoms with Crippen molar-refractivity contribution >= 4 is 34.2 Å². The molecule has 1 saturated carbocycles. The molecule has 0 radical (unpaired) electrons. The average Bonchev–Trinajstić information content (AvgIpc) is 3.38. The number of rotatable bonds is 6. The van der Waals surface area contributed by atoms with Crippen molar-refractivity contribution in [3.05, 3.63) is 17.2 Å². The van der Waals surface area contributed by atoms with Crippen molar-refractivity contribution in [1.29, 1.82) is 0 Å². The fraction of sp³-hybridized carbons (Fsp3) is 0.611. The lowest BCUT2D eigenvalue weighted by molar-refractivity contribution is -0.143. The van der Waals surface area contributed by atoms with Crippen LogP contribution in [0.3, 0.4) is 0 Å². The molecule has 1 N–H and O–H groups in total. The summed E-state index contributed by atoms with van der Waals surface area (Å²) in [7, 11) is 0. The Morgan fingerprint density at radius 2 is 1.81 bits per heavy atom. The summed E-state index contributed by atoms with van der Waals surface area (Å²) in [5, 5.41) is 12.2. The van der Waals surface area contributed by atoms with E-state index in [9.17, 15) is 14.4 Å². The first-order valence-corrected chi connectivity index (χ1v) is 10.0. The van der Waals surface area contributed by atoms with Crippen LogP contribution in [0.25, 0.3) is 0 Å². The molecule has 1 aromatic rings. The van der Waals surface area contributed by atoms with Gasteiger partial charge in [-0.3, -0.25) is 24.6 Å². The van der Waals surface area contributed by atoms with E-state index in [4.69, 9.17) is 0 Å². The van der Waals surface area contributed by atoms with Crippen LogP contribution in [0.2, 0.25) is 0 Å². The molecule has 3 amide bonds. The summed E-state index contributed by atoms with van der Waals surface area (Å²) < 4.78 is 0. The highest BCUT2D eigenvalue weighted by Crippen LogP contribution is 2.52. The number of aromatic nitrogens is 2. The van der Waals surface area contributed by atoms with Crippen LogP contribution in [-0.4, -0.2) is 39.4 Å². The van der Waals surface area contributed by atoms with E-state index in [1.54, 1.807) is 0 Å². The Balaban J connectivity index is 1.40. The van der Waals surface area contributed by atoms with E-state index < -0.39 is 5.91 Å². The first-order valence-electron chi connectivity index (χ1n) is 9.20. The van der Waals surface area contributed by atoms with Crippen LogP contribution >= 0.6 is 11.3 Å². The molecule has 3 aliphatic rings. The highest BCUT2D eigenvalue weighted by Gasteiger charge is 2.59. The smallest absolute Gasteiger partial charge is 0.246 e. The van der Waals surface area contributed by atoms with Crippen molar-refractivity contribution in [1.82, 2.24) is 15.1 Å². The monoisotopic (exact) mass is 374 g/mol. The van der Waals surface area contributed by atoms with Gasteiger partial charge in [0.05, 0.1) is 11.8 Å². The highest BCUT2D eigenvalue weighted by molar-refractivity contribution is 7.15. The second-order valence-electron chi connectivity index (χ2n) is 7.27. The van der Waals surface area contributed by atoms with Gasteiger partial charge in [0, 0.05) is 5.92 Å². The van der Waals surface area contributed by atoms with E-state index in [1.807, 2.05) is 12.2 Å². The van der Waals surface area contributed by atoms with Crippen molar-refractivity contribution < 1.29 is 14.4 Å². The lowest BCUT2D eigenvalue weighted by atomic mass is 9.85. The van der Waals surface area contributed by atoms with Gasteiger partial charge in [0.2, 0.25) is 22.9 Å². The van der Waals surface area contributed by atoms with E-state index in [0.29, 0.717) is 11.0 Å². The quantitative estimate of drug-likeness (QED) is 0.609. The van der Waals surface area contributed by atoms with Crippen LogP contribution in [0.4, 0.5) is 5.13 Å². The molecule has 26 heavy (non-hydrogen) atoms. The van der Waals surface area contributed by atoms with Crippen LogP contribution in [0, 0.1) is 23.7 Å². The SMILES string of the molecule is CCC(CC)c1nnc(NC(=O)CN2C(=O)[C@@H]3[C@@H](C2=O)[C@H]2C=C[C@H]3C2)s1. The largest absolute Gasteiger partial charge is 0.299 e. The molecule has 4 atom stereocenters. The highest BCUT2D eigenvalue weighted by atomic mass is 32.1. The van der Waals surface area contributed by atoms with Gasteiger partial charge in [0.1, 0.15) is 11.6 Å². The van der Waals surface area contributed by atoms with Gasteiger partial charge in [0.15, 0.2) is 0 Å². The molecule has 1 aromatic heterocycles. The number of imide groups is 1. The second kappa shape index (κ2) is 6.57. The minimum atomic E-state index is -0.403. The zero-order valence-corrected chi connectivity index (χ0v) is 15.7. The van der Waals surface area contributed by atoms with Crippen molar-refractivity contribution in [3.63, 3.8) is 0 Å². The van der Waals surface area contributed by atoms with Gasteiger partial charge in [-0.1, -0.05) is 37.3 Å². The van der Waals surface area contributed by atoms with E-state index in [0.717, 1.165) is 29.2 Å². The number of hydrogen-bond acceptors (Lipinski definition) is 6. The molecule has 2 fully saturated rings. The molecule has 2 bridgehead atoms. The summed E-state index contributed by atoms with van der Waals surface area (Å²) in [6.07, 6.45) is 6.91. The number of nitrogens with zero attached hydrogens (tertiary/aromatic N) is 3. The fourth-order valence-electron chi connectivity index (χ4n) is 4.51. The molecular weight excluding hydrogens is 352 g/mol. The molecule has 1 saturated heterocycles. The van der Waals surface area contributed by atoms with Crippen LogP contribution in [0.5, 0.6) is 0 Å². The van der Waals surface area contributed by atoms with Crippen molar-refractivity contribution in [3.8, 4) is 0 Å². The first-order chi connectivity index (χ1) is 12.5. The standard InChI is InChI=1S/C18H22N4O3S/c1-3-9(4-2)15-20-21-18(26-15)19-12(23)8-22-16(24)13-10-5-6-11(7-10)14(13)17(22)25/h5-6,9-11,13-14H,3-4,7-8H2,1-2H3,(H,19,21,23)/t10-,11-,13-,14-/m0/s1. The van der Waals surface area contributed by atoms with Crippen LogP contribution in [-0.2, 0) is 14.4 Å². The molecule has 8 heteroatoms. The average molecular weight is 374 g/mol. The number of fused-ring (bicyclic) bond motifs is 5. The summed E-state index contributed by atoms with van der Waals surface area (Å²) in [6, 6.07) is 0. The number of carbonyl (C=O) groups excluding carboxylic acids is 3. The molecule has 0 unspecified atom stereocenters. The molecule has 138 valence electrons. The number of allylic oxidation sites excluding steroid dienone is 2. The third-order valence-corrected chi connectivity index (χ3v) is 6.89. The lowest BCUT2D eigenvalue weighted by Crippen LogP contribution is -2.39. The van der Waals surface area contributed by atoms with Crippen molar-refractivity contribution in [2.75, 3.05) is 11.9 Å². The predicted octanol–water partition coefficient (Wildman–Crippen LogP) is 2.19. The van der Waals surface area contributed by atoms with Gasteiger partial charge in [-0.05, 0) is 31.1 Å². The van der Waals surface area contributed by atoms with Crippen LogP contribution < -0.4 is 5.32 Å². The third-order valence-electron chi connectivity index (χ3n) is 5.89. The molecule has 2 heterocycles. The van der Waals surface area contributed by atoms with Crippen LogP contribution in [0.1, 0.15) is 44.0 Å². The van der Waals surface area contributed by atoms with E-state index in [2.05, 4.69) is 29.4 Å². The topological polar surface area (TPSA) is 92.3 Å². The van der Waals surface area contributed by atoms with E-state index in [-0.39, 0.29) is 42.0 Å². The summed E-state index contributed by atoms with van der Waals surface area (Å²) >= 11 is 1.35. The number of likely N-dealkylation sites (tertiary alicyclic amines) is 1.